The van der Waals surface area contributed by atoms with Crippen molar-refractivity contribution in [2.24, 2.45) is 0 Å². The van der Waals surface area contributed by atoms with Crippen molar-refractivity contribution in [1.29, 1.82) is 0 Å². The van der Waals surface area contributed by atoms with Crippen molar-refractivity contribution in [3.63, 3.8) is 0 Å². The van der Waals surface area contributed by atoms with Gasteiger partial charge in [0.25, 0.3) is 5.56 Å². The summed E-state index contributed by atoms with van der Waals surface area (Å²) in [5, 5.41) is 2.48. The first kappa shape index (κ1) is 33.5. The lowest BCUT2D eigenvalue weighted by Crippen LogP contribution is -2.42. The van der Waals surface area contributed by atoms with Gasteiger partial charge in [0.05, 0.1) is 25.2 Å². The summed E-state index contributed by atoms with van der Waals surface area (Å²) >= 11 is 0. The van der Waals surface area contributed by atoms with E-state index < -0.39 is 40.9 Å². The highest BCUT2D eigenvalue weighted by Crippen LogP contribution is 2.27. The minimum absolute atomic E-state index is 0.0120. The third-order valence-electron chi connectivity index (χ3n) is 6.94. The molecule has 2 amide bonds. The molecule has 11 nitrogen and oxygen atoms in total. The average molecular weight is 640 g/mol. The van der Waals surface area contributed by atoms with Crippen molar-refractivity contribution in [2.45, 2.75) is 38.5 Å². The van der Waals surface area contributed by atoms with Crippen LogP contribution < -0.4 is 15.6 Å². The molecule has 2 aromatic heterocycles. The van der Waals surface area contributed by atoms with E-state index in [9.17, 15) is 32.3 Å². The largest absolute Gasteiger partial charge is 0.486 e. The molecule has 0 radical (unpaired) electrons. The van der Waals surface area contributed by atoms with Crippen molar-refractivity contribution in [2.75, 3.05) is 21.2 Å². The van der Waals surface area contributed by atoms with Crippen molar-refractivity contribution < 1.29 is 37.0 Å². The molecule has 2 aromatic carbocycles. The molecule has 14 heteroatoms. The highest BCUT2D eigenvalue weighted by molar-refractivity contribution is 5.89. The van der Waals surface area contributed by atoms with Gasteiger partial charge in [-0.2, -0.15) is 0 Å². The van der Waals surface area contributed by atoms with Crippen molar-refractivity contribution >= 4 is 28.8 Å². The fraction of sp³-hybridized carbons (Fsp3) is 0.281. The number of amides is 2. The molecule has 4 rings (SSSR count). The number of nitrogens with one attached hydrogen (secondary N) is 2. The highest BCUT2D eigenvalue weighted by Gasteiger charge is 2.22. The van der Waals surface area contributed by atoms with Crippen molar-refractivity contribution in [3.05, 3.63) is 106 Å². The number of hydrogen-bond acceptors (Lipinski definition) is 7. The van der Waals surface area contributed by atoms with Gasteiger partial charge < -0.3 is 29.2 Å². The van der Waals surface area contributed by atoms with E-state index in [1.165, 1.54) is 39.9 Å². The summed E-state index contributed by atoms with van der Waals surface area (Å²) in [6.45, 7) is -0.379. The summed E-state index contributed by atoms with van der Waals surface area (Å²) in [6, 6.07) is 7.39. The van der Waals surface area contributed by atoms with Gasteiger partial charge in [-0.15, -0.1) is 0 Å². The number of pyridine rings is 1. The number of hydrogen-bond donors (Lipinski definition) is 2. The minimum Gasteiger partial charge on any atom is -0.486 e. The maximum atomic E-state index is 14.4. The van der Waals surface area contributed by atoms with Crippen molar-refractivity contribution in [3.8, 4) is 5.75 Å². The number of allylic oxidation sites excluding steroid dienone is 1. The summed E-state index contributed by atoms with van der Waals surface area (Å²) in [5.41, 5.74) is 0.236. The molecule has 0 aliphatic heterocycles. The maximum absolute atomic E-state index is 14.4. The first-order chi connectivity index (χ1) is 21.9. The third-order valence-corrected chi connectivity index (χ3v) is 6.94. The molecule has 0 unspecified atom stereocenters. The Hall–Kier alpha value is -5.40. The van der Waals surface area contributed by atoms with Crippen LogP contribution >= 0.6 is 0 Å². The summed E-state index contributed by atoms with van der Waals surface area (Å²) in [5.74, 6) is -2.58. The molecule has 0 saturated carbocycles. The zero-order chi connectivity index (χ0) is 33.4. The van der Waals surface area contributed by atoms with Crippen molar-refractivity contribution in [1.82, 2.24) is 24.8 Å². The number of ether oxygens (including phenoxy) is 2. The zero-order valence-electron chi connectivity index (χ0n) is 25.3. The van der Waals surface area contributed by atoms with E-state index in [-0.39, 0.29) is 65.6 Å². The second-order valence-electron chi connectivity index (χ2n) is 10.5. The molecule has 0 aliphatic rings. The Morgan fingerprint density at radius 2 is 1.87 bits per heavy atom. The van der Waals surface area contributed by atoms with Gasteiger partial charge in [0.2, 0.25) is 5.91 Å². The van der Waals surface area contributed by atoms with E-state index in [1.807, 2.05) is 0 Å². The van der Waals surface area contributed by atoms with Gasteiger partial charge in [0.1, 0.15) is 35.4 Å². The van der Waals surface area contributed by atoms with Crippen LogP contribution in [0.25, 0.3) is 11.0 Å². The number of carbonyl (C=O) groups is 3. The van der Waals surface area contributed by atoms with Crippen LogP contribution in [0.15, 0.2) is 65.6 Å². The number of alkyl carbamates (subject to hydrolysis) is 1. The predicted octanol–water partition coefficient (Wildman–Crippen LogP) is 4.03. The smallest absolute Gasteiger partial charge is 0.407 e. The third kappa shape index (κ3) is 8.61. The molecular formula is C32H32F3N5O6. The van der Waals surface area contributed by atoms with Gasteiger partial charge in [-0.05, 0) is 43.2 Å². The van der Waals surface area contributed by atoms with Crippen LogP contribution in [0.4, 0.5) is 18.0 Å². The Balaban J connectivity index is 1.50. The Bertz CT molecular complexity index is 1830. The van der Waals surface area contributed by atoms with Gasteiger partial charge in [-0.1, -0.05) is 12.1 Å². The lowest BCUT2D eigenvalue weighted by atomic mass is 10.0. The molecule has 0 bridgehead atoms. The number of benzene rings is 2. The Morgan fingerprint density at radius 1 is 1.09 bits per heavy atom. The van der Waals surface area contributed by atoms with Gasteiger partial charge in [0.15, 0.2) is 11.5 Å². The van der Waals surface area contributed by atoms with Crippen LogP contribution in [0, 0.1) is 17.5 Å². The number of Topliss-reactive ketones (excluding diaryl/α,β-unsaturated/α-hetero) is 1. The lowest BCUT2D eigenvalue weighted by Gasteiger charge is -2.16. The van der Waals surface area contributed by atoms with Gasteiger partial charge in [-0.3, -0.25) is 14.4 Å². The van der Waals surface area contributed by atoms with Gasteiger partial charge in [0, 0.05) is 50.0 Å². The fourth-order valence-electron chi connectivity index (χ4n) is 4.51. The fourth-order valence-corrected chi connectivity index (χ4v) is 4.51. The normalized spacial score (nSPS) is 11.9. The molecule has 1 atom stereocenters. The van der Waals surface area contributed by atoms with Crippen LogP contribution in [-0.2, 0) is 33.9 Å². The van der Waals surface area contributed by atoms with E-state index in [1.54, 1.807) is 26.2 Å². The summed E-state index contributed by atoms with van der Waals surface area (Å²) in [4.78, 5) is 58.9. The van der Waals surface area contributed by atoms with E-state index in [2.05, 4.69) is 20.0 Å². The predicted molar refractivity (Wildman–Crippen MR) is 162 cm³/mol. The molecule has 4 aromatic rings. The Kier molecular flexibility index (Phi) is 11.0. The number of H-pyrrole nitrogens is 1. The van der Waals surface area contributed by atoms with E-state index >= 15 is 0 Å². The number of ketones is 1. The Labute approximate surface area is 261 Å². The number of nitrogens with zero attached hydrogens (tertiary/aromatic N) is 3. The number of carbonyl (C=O) groups excluding carboxylic acids is 3. The quantitative estimate of drug-likeness (QED) is 0.211. The van der Waals surface area contributed by atoms with E-state index in [4.69, 9.17) is 4.74 Å². The molecule has 0 spiro atoms. The molecule has 2 heterocycles. The topological polar surface area (TPSA) is 136 Å². The molecule has 0 aliphatic carbocycles. The van der Waals surface area contributed by atoms with Crippen LogP contribution in [0.3, 0.4) is 0 Å². The SMILES string of the molecule is COC(=O)N[C@@H](CC/C=C/C(=O)N(C)C)C(=O)Cc1cccn(Cc2nc3c(OCc4ccc(F)cc4F)cc(F)cc3[nH]2)c1=O. The molecular weight excluding hydrogens is 607 g/mol. The molecule has 0 fully saturated rings. The molecule has 0 saturated heterocycles. The summed E-state index contributed by atoms with van der Waals surface area (Å²) in [7, 11) is 4.37. The van der Waals surface area contributed by atoms with E-state index in [0.717, 1.165) is 25.3 Å². The average Bonchev–Trinajstić information content (AvgIpc) is 3.41. The molecule has 46 heavy (non-hydrogen) atoms. The first-order valence-electron chi connectivity index (χ1n) is 14.1. The number of halogens is 3. The monoisotopic (exact) mass is 639 g/mol. The maximum Gasteiger partial charge on any atom is 0.407 e. The minimum atomic E-state index is -0.980. The molecule has 2 N–H and O–H groups in total. The second kappa shape index (κ2) is 15.1. The number of likely N-dealkylation sites (N-methyl/N-ethyl adjacent to an activating group) is 1. The number of fused-ring (bicyclic) bond motifs is 1. The second-order valence-corrected chi connectivity index (χ2v) is 10.5. The van der Waals surface area contributed by atoms with Crippen LogP contribution in [0.1, 0.15) is 29.8 Å². The van der Waals surface area contributed by atoms with Gasteiger partial charge in [-0.25, -0.2) is 22.9 Å². The standard InChI is InChI=1S/C32H32F3N5O6/c1-39(2)29(42)9-5-4-8-24(37-32(44)45-3)26(41)13-19-7-6-12-40(31(19)43)17-28-36-25-15-22(34)16-27(30(25)38-28)46-18-20-10-11-21(33)14-23(20)35/h5-7,9-12,14-16,24H,4,8,13,17-18H2,1-3H3,(H,36,38)(H,37,44)/b9-5+/t24-/m0/s1. The number of aromatic amines is 1. The van der Waals surface area contributed by atoms with Crippen LogP contribution in [0.2, 0.25) is 0 Å². The summed E-state index contributed by atoms with van der Waals surface area (Å²) in [6.07, 6.45) is 3.81. The van der Waals surface area contributed by atoms with Gasteiger partial charge >= 0.3 is 6.09 Å². The zero-order valence-corrected chi connectivity index (χ0v) is 25.3. The number of imidazole rings is 1. The number of rotatable bonds is 13. The van der Waals surface area contributed by atoms with Crippen LogP contribution in [0.5, 0.6) is 5.75 Å². The number of aromatic nitrogens is 3. The lowest BCUT2D eigenvalue weighted by molar-refractivity contribution is -0.123. The Morgan fingerprint density at radius 3 is 2.59 bits per heavy atom. The first-order valence-corrected chi connectivity index (χ1v) is 14.1. The highest BCUT2D eigenvalue weighted by atomic mass is 19.1. The molecule has 242 valence electrons. The number of methoxy groups -OCH3 is 1. The van der Waals surface area contributed by atoms with Crippen LogP contribution in [-0.4, -0.2) is 64.5 Å². The van der Waals surface area contributed by atoms with E-state index in [0.29, 0.717) is 6.42 Å². The summed E-state index contributed by atoms with van der Waals surface area (Å²) < 4.78 is 53.2.